The van der Waals surface area contributed by atoms with E-state index in [1.165, 1.54) is 0 Å². The first-order valence-corrected chi connectivity index (χ1v) is 7.53. The summed E-state index contributed by atoms with van der Waals surface area (Å²) >= 11 is 1.78. The minimum Gasteiger partial charge on any atom is -0.386 e. The van der Waals surface area contributed by atoms with E-state index in [0.717, 1.165) is 0 Å². The van der Waals surface area contributed by atoms with E-state index in [9.17, 15) is 13.5 Å². The fourth-order valence-electron chi connectivity index (χ4n) is 1.16. The van der Waals surface area contributed by atoms with Gasteiger partial charge >= 0.3 is 0 Å². The molecule has 0 aliphatic heterocycles. The van der Waals surface area contributed by atoms with Crippen molar-refractivity contribution in [3.8, 4) is 0 Å². The average molecular weight is 340 g/mol. The Morgan fingerprint density at radius 2 is 1.87 bits per heavy atom. The second-order valence-electron chi connectivity index (χ2n) is 3.16. The first-order chi connectivity index (χ1) is 6.99. The van der Waals surface area contributed by atoms with E-state index >= 15 is 0 Å². The molecule has 0 aromatic heterocycles. The van der Waals surface area contributed by atoms with Gasteiger partial charge in [-0.1, -0.05) is 59.8 Å². The molecule has 0 amide bonds. The van der Waals surface area contributed by atoms with Gasteiger partial charge in [0.25, 0.3) is 0 Å². The monoisotopic (exact) mass is 340 g/mol. The van der Waals surface area contributed by atoms with Crippen molar-refractivity contribution in [3.05, 3.63) is 35.9 Å². The van der Waals surface area contributed by atoms with Gasteiger partial charge in [-0.3, -0.25) is 0 Å². The largest absolute Gasteiger partial charge is 0.386 e. The summed E-state index contributed by atoms with van der Waals surface area (Å²) in [4.78, 5) is 0. The molecule has 0 aliphatic rings. The van der Waals surface area contributed by atoms with Gasteiger partial charge in [-0.05, 0) is 5.56 Å². The van der Waals surface area contributed by atoms with Crippen LogP contribution < -0.4 is 0 Å². The summed E-state index contributed by atoms with van der Waals surface area (Å²) in [5, 5.41) is 9.87. The van der Waals surface area contributed by atoms with Crippen LogP contribution in [0.5, 0.6) is 0 Å². The molecule has 0 spiro atoms. The highest BCUT2D eigenvalue weighted by Crippen LogP contribution is 2.27. The Morgan fingerprint density at radius 3 is 2.33 bits per heavy atom. The number of alkyl halides is 1. The molecule has 5 heteroatoms. The molecule has 2 atom stereocenters. The van der Waals surface area contributed by atoms with Crippen LogP contribution in [0, 0.1) is 0 Å². The van der Waals surface area contributed by atoms with Crippen molar-refractivity contribution in [2.75, 3.05) is 5.75 Å². The van der Waals surface area contributed by atoms with E-state index in [1.807, 2.05) is 6.07 Å². The number of aliphatic hydroxyl groups excluding tert-OH is 1. The summed E-state index contributed by atoms with van der Waals surface area (Å²) in [7, 11) is -3.21. The molecule has 1 aromatic rings. The Morgan fingerprint density at radius 1 is 1.33 bits per heavy atom. The Kier molecular flexibility index (Phi) is 4.54. The molecule has 15 heavy (non-hydrogen) atoms. The lowest BCUT2D eigenvalue weighted by atomic mass is 10.1. The lowest BCUT2D eigenvalue weighted by molar-refractivity contribution is 0.197. The molecule has 0 saturated heterocycles. The minimum absolute atomic E-state index is 0.0461. The fraction of sp³-hybridized carbons (Fsp3) is 0.400. The third kappa shape index (κ3) is 3.15. The number of aliphatic hydroxyl groups is 1. The maximum Gasteiger partial charge on any atom is 0.164 e. The zero-order valence-electron chi connectivity index (χ0n) is 8.30. The number of benzene rings is 1. The Labute approximate surface area is 104 Å². The molecule has 0 bridgehead atoms. The molecule has 1 N–H and O–H groups in total. The van der Waals surface area contributed by atoms with Crippen LogP contribution in [0.3, 0.4) is 0 Å². The minimum atomic E-state index is -3.21. The highest BCUT2D eigenvalue weighted by molar-refractivity contribution is 14.1. The molecule has 3 nitrogen and oxygen atoms in total. The van der Waals surface area contributed by atoms with Crippen LogP contribution in [-0.4, -0.2) is 22.5 Å². The van der Waals surface area contributed by atoms with Gasteiger partial charge < -0.3 is 5.11 Å². The third-order valence-corrected chi connectivity index (χ3v) is 6.89. The van der Waals surface area contributed by atoms with Gasteiger partial charge in [0.1, 0.15) is 9.36 Å². The van der Waals surface area contributed by atoms with Crippen LogP contribution >= 0.6 is 22.6 Å². The van der Waals surface area contributed by atoms with Gasteiger partial charge in [0.2, 0.25) is 0 Å². The number of rotatable bonds is 4. The molecule has 0 fully saturated rings. The van der Waals surface area contributed by atoms with Crippen molar-refractivity contribution in [2.24, 2.45) is 0 Å². The van der Waals surface area contributed by atoms with E-state index in [4.69, 9.17) is 0 Å². The lowest BCUT2D eigenvalue weighted by Crippen LogP contribution is -2.24. The van der Waals surface area contributed by atoms with Gasteiger partial charge in [0.15, 0.2) is 9.84 Å². The molecular weight excluding hydrogens is 327 g/mol. The second-order valence-corrected chi connectivity index (χ2v) is 7.76. The molecule has 0 radical (unpaired) electrons. The summed E-state index contributed by atoms with van der Waals surface area (Å²) in [6.45, 7) is 1.58. The van der Waals surface area contributed by atoms with Crippen molar-refractivity contribution in [2.45, 2.75) is 16.3 Å². The van der Waals surface area contributed by atoms with E-state index < -0.39 is 19.2 Å². The first kappa shape index (κ1) is 12.9. The van der Waals surface area contributed by atoms with Crippen molar-refractivity contribution >= 4 is 32.4 Å². The lowest BCUT2D eigenvalue weighted by Gasteiger charge is -2.17. The fourth-order valence-corrected chi connectivity index (χ4v) is 3.52. The van der Waals surface area contributed by atoms with E-state index in [0.29, 0.717) is 5.56 Å². The SMILES string of the molecule is CCS(=O)(=O)[C@H](I)[C@H](O)c1ccccc1. The van der Waals surface area contributed by atoms with Gasteiger partial charge in [0, 0.05) is 5.75 Å². The second kappa shape index (κ2) is 5.27. The van der Waals surface area contributed by atoms with Crippen molar-refractivity contribution in [1.82, 2.24) is 0 Å². The number of halogens is 1. The van der Waals surface area contributed by atoms with Gasteiger partial charge in [-0.25, -0.2) is 8.42 Å². The normalized spacial score (nSPS) is 15.9. The summed E-state index contributed by atoms with van der Waals surface area (Å²) in [5.74, 6) is 0.0461. The van der Waals surface area contributed by atoms with Crippen LogP contribution in [0.1, 0.15) is 18.6 Å². The Hall–Kier alpha value is -0.140. The summed E-state index contributed by atoms with van der Waals surface area (Å²) in [6.07, 6.45) is -0.961. The van der Waals surface area contributed by atoms with E-state index in [2.05, 4.69) is 0 Å². The van der Waals surface area contributed by atoms with Crippen molar-refractivity contribution in [1.29, 1.82) is 0 Å². The Balaban J connectivity index is 2.92. The molecule has 1 aromatic carbocycles. The average Bonchev–Trinajstić information content (AvgIpc) is 2.28. The van der Waals surface area contributed by atoms with Gasteiger partial charge in [0.05, 0.1) is 0 Å². The quantitative estimate of drug-likeness (QED) is 0.673. The maximum absolute atomic E-state index is 11.5. The van der Waals surface area contributed by atoms with Crippen LogP contribution in [-0.2, 0) is 9.84 Å². The summed E-state index contributed by atoms with van der Waals surface area (Å²) < 4.78 is 22.3. The highest BCUT2D eigenvalue weighted by atomic mass is 127. The molecule has 0 saturated carbocycles. The zero-order chi connectivity index (χ0) is 11.5. The van der Waals surface area contributed by atoms with Crippen LogP contribution in [0.15, 0.2) is 30.3 Å². The van der Waals surface area contributed by atoms with Gasteiger partial charge in [-0.15, -0.1) is 0 Å². The molecule has 1 rings (SSSR count). The predicted octanol–water partition coefficient (Wildman–Crippen LogP) is 1.92. The molecule has 0 unspecified atom stereocenters. The topological polar surface area (TPSA) is 54.4 Å². The van der Waals surface area contributed by atoms with Crippen molar-refractivity contribution < 1.29 is 13.5 Å². The highest BCUT2D eigenvalue weighted by Gasteiger charge is 2.29. The number of sulfone groups is 1. The van der Waals surface area contributed by atoms with Gasteiger partial charge in [-0.2, -0.15) is 0 Å². The molecule has 84 valence electrons. The summed E-state index contributed by atoms with van der Waals surface area (Å²) in [6, 6.07) is 8.83. The van der Waals surface area contributed by atoms with E-state index in [1.54, 1.807) is 53.8 Å². The smallest absolute Gasteiger partial charge is 0.164 e. The zero-order valence-corrected chi connectivity index (χ0v) is 11.3. The van der Waals surface area contributed by atoms with Crippen LogP contribution in [0.25, 0.3) is 0 Å². The molecule has 0 aliphatic carbocycles. The van der Waals surface area contributed by atoms with Crippen LogP contribution in [0.4, 0.5) is 0 Å². The standard InChI is InChI=1S/C10H13IO3S/c1-2-15(13,14)10(11)9(12)8-6-4-3-5-7-8/h3-7,9-10,12H,2H2,1H3/t9-,10+/m1/s1. The predicted molar refractivity (Wildman–Crippen MR) is 68.7 cm³/mol. The Bertz CT molecular complexity index is 402. The number of hydrogen-bond donors (Lipinski definition) is 1. The molecule has 0 heterocycles. The third-order valence-electron chi connectivity index (χ3n) is 2.13. The first-order valence-electron chi connectivity index (χ1n) is 4.57. The molecular formula is C10H13IO3S. The van der Waals surface area contributed by atoms with Crippen molar-refractivity contribution in [3.63, 3.8) is 0 Å². The summed E-state index contributed by atoms with van der Waals surface area (Å²) in [5.41, 5.74) is 0.633. The number of hydrogen-bond acceptors (Lipinski definition) is 3. The van der Waals surface area contributed by atoms with Crippen LogP contribution in [0.2, 0.25) is 0 Å². The maximum atomic E-state index is 11.5. The van der Waals surface area contributed by atoms with E-state index in [-0.39, 0.29) is 5.75 Å².